The van der Waals surface area contributed by atoms with Gasteiger partial charge in [-0.15, -0.1) is 0 Å². The van der Waals surface area contributed by atoms with Crippen LogP contribution >= 0.6 is 23.2 Å². The third kappa shape index (κ3) is 13.3. The number of phenols is 1. The number of aromatic hydroxyl groups is 1. The number of phenolic OH excluding ortho intramolecular Hbond substituents is 1. The third-order valence-corrected chi connectivity index (χ3v) is 20.4. The molecule has 10 aliphatic heterocycles. The van der Waals surface area contributed by atoms with Crippen molar-refractivity contribution in [3.05, 3.63) is 21.2 Å². The van der Waals surface area contributed by atoms with Crippen molar-refractivity contribution in [3.63, 3.8) is 0 Å². The van der Waals surface area contributed by atoms with E-state index in [2.05, 4.69) is 0 Å². The Bertz CT molecular complexity index is 2890. The Morgan fingerprint density at radius 1 is 0.663 bits per heavy atom. The first-order chi connectivity index (χ1) is 44.9. The van der Waals surface area contributed by atoms with Crippen molar-refractivity contribution in [2.24, 2.45) is 5.92 Å². The molecule has 32 nitrogen and oxygen atoms in total. The maximum atomic E-state index is 13.6. The predicted octanol–water partition coefficient (Wildman–Crippen LogP) is 1.05. The van der Waals surface area contributed by atoms with Crippen LogP contribution in [0.4, 0.5) is 0 Å². The van der Waals surface area contributed by atoms with Crippen LogP contribution in [-0.4, -0.2) is 286 Å². The predicted molar refractivity (Wildman–Crippen MR) is 313 cm³/mol. The number of hydrogen-bond donors (Lipinski definition) is 6. The molecule has 0 bridgehead atoms. The van der Waals surface area contributed by atoms with E-state index in [1.54, 1.807) is 48.5 Å². The van der Waals surface area contributed by atoms with Gasteiger partial charge in [0, 0.05) is 34.2 Å². The Hall–Kier alpha value is -2.99. The average Bonchev–Trinajstić information content (AvgIpc) is 1.58. The number of ether oxygens (including phenoxy) is 23. The van der Waals surface area contributed by atoms with Crippen LogP contribution < -0.4 is 4.74 Å². The minimum Gasteiger partial charge on any atom is -0.505 e. The highest BCUT2D eigenvalue weighted by Crippen LogP contribution is 2.53. The van der Waals surface area contributed by atoms with Crippen LogP contribution in [0.25, 0.3) is 0 Å². The van der Waals surface area contributed by atoms with Crippen molar-refractivity contribution in [3.8, 4) is 11.5 Å². The molecule has 95 heavy (non-hydrogen) atoms. The number of esters is 2. The summed E-state index contributed by atoms with van der Waals surface area (Å²) in [6.07, 6.45) is -32.8. The van der Waals surface area contributed by atoms with Crippen molar-refractivity contribution in [1.82, 2.24) is 0 Å². The van der Waals surface area contributed by atoms with Gasteiger partial charge in [-0.3, -0.25) is 9.59 Å². The van der Waals surface area contributed by atoms with Crippen LogP contribution in [0, 0.1) is 12.8 Å². The fourth-order valence-electron chi connectivity index (χ4n) is 14.3. The van der Waals surface area contributed by atoms with Gasteiger partial charge in [0.15, 0.2) is 66.4 Å². The number of aliphatic hydroxyl groups excluding tert-OH is 4. The second-order valence-electron chi connectivity index (χ2n) is 26.1. The Morgan fingerprint density at radius 3 is 2.00 bits per heavy atom. The molecule has 31 atom stereocenters. The molecular formula is C61H88Cl2O32. The van der Waals surface area contributed by atoms with Crippen LogP contribution in [-0.2, 0) is 114 Å². The van der Waals surface area contributed by atoms with Gasteiger partial charge in [-0.2, -0.15) is 0 Å². The van der Waals surface area contributed by atoms with E-state index < -0.39 is 218 Å². The summed E-state index contributed by atoms with van der Waals surface area (Å²) in [5.41, 5.74) is -3.32. The van der Waals surface area contributed by atoms with E-state index in [0.29, 0.717) is 0 Å². The Kier molecular flexibility index (Phi) is 21.9. The summed E-state index contributed by atoms with van der Waals surface area (Å²) < 4.78 is 142. The van der Waals surface area contributed by atoms with Gasteiger partial charge in [-0.05, 0) is 61.0 Å². The summed E-state index contributed by atoms with van der Waals surface area (Å²) in [5.74, 6) is -7.41. The van der Waals surface area contributed by atoms with Crippen molar-refractivity contribution in [1.29, 1.82) is 0 Å². The maximum Gasteiger partial charge on any atom is 0.342 e. The summed E-state index contributed by atoms with van der Waals surface area (Å²) >= 11 is 12.5. The number of methoxy groups -OCH3 is 4. The number of benzene rings is 1. The molecule has 538 valence electrons. The van der Waals surface area contributed by atoms with Gasteiger partial charge >= 0.3 is 17.9 Å². The molecule has 10 fully saturated rings. The molecule has 2 spiro atoms. The topological polar surface area (TPSA) is 385 Å². The number of fused-ring (bicyclic) bond motifs is 4. The Balaban J connectivity index is 0.722. The summed E-state index contributed by atoms with van der Waals surface area (Å²) in [7, 11) is 5.35. The van der Waals surface area contributed by atoms with Crippen LogP contribution in [0.5, 0.6) is 11.5 Å². The third-order valence-electron chi connectivity index (χ3n) is 19.6. The first-order valence-corrected chi connectivity index (χ1v) is 32.5. The molecule has 0 amide bonds. The Morgan fingerprint density at radius 2 is 1.35 bits per heavy atom. The molecule has 0 aliphatic carbocycles. The minimum atomic E-state index is -2.13. The van der Waals surface area contributed by atoms with Crippen molar-refractivity contribution in [2.45, 2.75) is 277 Å². The first kappa shape index (κ1) is 73.2. The number of halogens is 2. The van der Waals surface area contributed by atoms with E-state index in [-0.39, 0.29) is 66.2 Å². The number of carbonyl (C=O) groups is 3. The van der Waals surface area contributed by atoms with Crippen LogP contribution in [0.3, 0.4) is 0 Å². The zero-order chi connectivity index (χ0) is 68.9. The van der Waals surface area contributed by atoms with Gasteiger partial charge in [0.2, 0.25) is 6.29 Å². The molecule has 1 aromatic rings. The molecule has 11 rings (SSSR count). The summed E-state index contributed by atoms with van der Waals surface area (Å²) in [4.78, 5) is 39.8. The SMILES string of the molecule is COC[C@H]1O[C@@H](O[C@H]2OC[C@H]3OC4(O[C@@H]3C2OC(=O)C(C)C)O[C@H](C)[C@@](O)(C(C)=O)[C@@H]2OCO[C@H]24)[C@@H](OC)[C@@H](O)[C@@H]1O[C@H]1O[C@H](C)[C@H](OC)[C@H](O[C@@H]2C[C@H]3OC4(CC(O)[C@H](O[C@H]5C[C@@H](O)C(OC(=O)c6c(C)c(Cl)c(O)c(Cl)c6OC)[C@@H](C)O5)[C@@H](C)O4)O[C@]3(C)[C@H](C)O2)[C@H]1O. The van der Waals surface area contributed by atoms with E-state index >= 15 is 0 Å². The van der Waals surface area contributed by atoms with E-state index in [1.807, 2.05) is 0 Å². The van der Waals surface area contributed by atoms with Crippen LogP contribution in [0.2, 0.25) is 10.0 Å². The van der Waals surface area contributed by atoms with Gasteiger partial charge in [0.25, 0.3) is 5.97 Å². The lowest BCUT2D eigenvalue weighted by Crippen LogP contribution is -2.72. The molecule has 0 radical (unpaired) electrons. The van der Waals surface area contributed by atoms with Gasteiger partial charge in [-0.1, -0.05) is 37.0 Å². The van der Waals surface area contributed by atoms with E-state index in [0.717, 1.165) is 0 Å². The fraction of sp³-hybridized carbons (Fsp3) is 0.852. The minimum absolute atomic E-state index is 0.0157. The molecule has 34 heteroatoms. The summed E-state index contributed by atoms with van der Waals surface area (Å²) in [5, 5.41) is 69.1. The van der Waals surface area contributed by atoms with Crippen LogP contribution in [0.1, 0.15) is 97.5 Å². The molecule has 1 aromatic carbocycles. The quantitative estimate of drug-likeness (QED) is 0.112. The number of hydrogen-bond acceptors (Lipinski definition) is 32. The summed E-state index contributed by atoms with van der Waals surface area (Å²) in [6.45, 7) is 15.0. The molecule has 0 saturated carbocycles. The molecular weight excluding hydrogens is 1320 g/mol. The molecule has 10 saturated heterocycles. The first-order valence-electron chi connectivity index (χ1n) is 31.7. The lowest BCUT2D eigenvalue weighted by atomic mass is 9.81. The summed E-state index contributed by atoms with van der Waals surface area (Å²) in [6, 6.07) is 0. The highest BCUT2D eigenvalue weighted by atomic mass is 35.5. The second kappa shape index (κ2) is 28.4. The van der Waals surface area contributed by atoms with Gasteiger partial charge < -0.3 is 140 Å². The smallest absolute Gasteiger partial charge is 0.342 e. The monoisotopic (exact) mass is 1400 g/mol. The highest BCUT2D eigenvalue weighted by molar-refractivity contribution is 6.39. The molecule has 10 aliphatic rings. The zero-order valence-electron chi connectivity index (χ0n) is 55.0. The van der Waals surface area contributed by atoms with Gasteiger partial charge in [0.05, 0.1) is 86.5 Å². The number of rotatable bonds is 18. The number of Topliss-reactive ketones (excluding diaryl/α,β-unsaturated/α-hetero) is 1. The maximum absolute atomic E-state index is 13.6. The Labute approximate surface area is 557 Å². The molecule has 10 heterocycles. The van der Waals surface area contributed by atoms with E-state index in [9.17, 15) is 45.0 Å². The molecule has 0 aromatic heterocycles. The molecule has 6 N–H and O–H groups in total. The molecule has 5 unspecified atom stereocenters. The highest BCUT2D eigenvalue weighted by Gasteiger charge is 2.73. The van der Waals surface area contributed by atoms with Gasteiger partial charge in [-0.25, -0.2) is 4.79 Å². The zero-order valence-corrected chi connectivity index (χ0v) is 56.5. The normalized spacial score (nSPS) is 47.3. The van der Waals surface area contributed by atoms with Crippen molar-refractivity contribution < 1.29 is 154 Å². The largest absolute Gasteiger partial charge is 0.505 e. The second-order valence-corrected chi connectivity index (χ2v) is 26.9. The van der Waals surface area contributed by atoms with Crippen molar-refractivity contribution >= 4 is 40.9 Å². The average molecular weight is 1400 g/mol. The number of aliphatic hydroxyl groups is 5. The standard InChI is InChI=1S/C61H88Cl2O32/c1-21(2)53(70)87-50-46-32(92-61(94-46)52-51(78-20-79-52)60(72,26(7)64)28(9)91-61)19-77-56(50)89-57-49(76-14)40(68)45(31(83-57)18-73-11)88-55-41(69)48(44(74-12)24(5)81-55)85-35-16-33-58(10,27(8)82-35)95-59(93-33)17-30(66)43(25(6)90-59)84-34-15-29(65)42(23(4)80-34)86-54(71)36-22(3)37(62)39(67)38(63)47(36)75-13/h21,23-25,27-35,40-46,48-52,55-57,65-69,72H,15-20H2,1-14H3/t23-,24-,25-,27+,28-,29-,30?,31-,32-,33-,34+,35-,40+,41-,42?,43-,44+,45-,46+,48-,49+,50?,51-,52-,55-,56-,57+,58-,59?,60+,61?/m1/s1. The van der Waals surface area contributed by atoms with Gasteiger partial charge in [0.1, 0.15) is 90.1 Å². The number of ketones is 1. The van der Waals surface area contributed by atoms with E-state index in [4.69, 9.17) is 132 Å². The van der Waals surface area contributed by atoms with Crippen LogP contribution in [0.15, 0.2) is 0 Å². The van der Waals surface area contributed by atoms with Crippen molar-refractivity contribution in [2.75, 3.05) is 48.4 Å². The van der Waals surface area contributed by atoms with E-state index in [1.165, 1.54) is 49.2 Å². The number of carbonyl (C=O) groups excluding carboxylic acids is 3. The fourth-order valence-corrected chi connectivity index (χ4v) is 14.9. The lowest BCUT2D eigenvalue weighted by Gasteiger charge is -2.49. The lowest BCUT2D eigenvalue weighted by molar-refractivity contribution is -0.428.